The van der Waals surface area contributed by atoms with Crippen LogP contribution in [0.15, 0.2) is 0 Å². The van der Waals surface area contributed by atoms with Gasteiger partial charge in [-0.1, -0.05) is 47.5 Å². The normalized spacial score (nSPS) is 31.5. The molecule has 1 amide bonds. The lowest BCUT2D eigenvalue weighted by atomic mass is 9.75. The Hall–Kier alpha value is -1.44. The van der Waals surface area contributed by atoms with Gasteiger partial charge in [0.05, 0.1) is 10.00 Å². The second-order valence-corrected chi connectivity index (χ2v) is 16.8. The Kier molecular flexibility index (Phi) is 7.35. The maximum Gasteiger partial charge on any atom is 0.326 e. The first-order chi connectivity index (χ1) is 15.8. The van der Waals surface area contributed by atoms with E-state index in [1.807, 2.05) is 20.8 Å². The highest BCUT2D eigenvalue weighted by Crippen LogP contribution is 2.65. The lowest BCUT2D eigenvalue weighted by Crippen LogP contribution is -2.50. The molecule has 1 N–H and O–H groups in total. The van der Waals surface area contributed by atoms with Gasteiger partial charge in [0.15, 0.2) is 9.84 Å². The number of nitrogens with zero attached hydrogens (tertiary/aromatic N) is 1. The Morgan fingerprint density at radius 2 is 1.60 bits per heavy atom. The quantitative estimate of drug-likeness (QED) is 0.545. The van der Waals surface area contributed by atoms with E-state index in [1.165, 1.54) is 4.90 Å². The van der Waals surface area contributed by atoms with Gasteiger partial charge in [0.2, 0.25) is 5.91 Å². The zero-order valence-corrected chi connectivity index (χ0v) is 23.6. The van der Waals surface area contributed by atoms with Gasteiger partial charge in [-0.15, -0.1) is 0 Å². The molecule has 0 spiro atoms. The van der Waals surface area contributed by atoms with Crippen LogP contribution < -0.4 is 0 Å². The molecule has 0 aromatic carbocycles. The SMILES string of the molecule is CC(C)(C)[C@H](CC(=O)C[C@H]1CCCC[C@H]1S(=O)(=O)C(C)(C)C)C(=O)N1C[C@H]2[C@@H]([C@H]1C(=O)O)C2(C)C. The molecule has 6 atom stereocenters. The number of sulfone groups is 1. The molecule has 2 aliphatic carbocycles. The van der Waals surface area contributed by atoms with Crippen molar-refractivity contribution in [1.82, 2.24) is 4.90 Å². The van der Waals surface area contributed by atoms with Crippen molar-refractivity contribution in [3.8, 4) is 0 Å². The molecule has 8 heteroatoms. The summed E-state index contributed by atoms with van der Waals surface area (Å²) in [5, 5.41) is 9.36. The average molecular weight is 512 g/mol. The lowest BCUT2D eigenvalue weighted by molar-refractivity contribution is -0.154. The monoisotopic (exact) mass is 511 g/mol. The van der Waals surface area contributed by atoms with E-state index in [4.69, 9.17) is 0 Å². The molecule has 200 valence electrons. The average Bonchev–Trinajstić information content (AvgIpc) is 3.06. The molecule has 0 unspecified atom stereocenters. The number of Topliss-reactive ketones (excluding diaryl/α,β-unsaturated/α-hetero) is 1. The number of carbonyl (C=O) groups is 3. The van der Waals surface area contributed by atoms with Gasteiger partial charge in [-0.3, -0.25) is 9.59 Å². The Morgan fingerprint density at radius 3 is 2.11 bits per heavy atom. The minimum absolute atomic E-state index is 0.0166. The minimum Gasteiger partial charge on any atom is -0.480 e. The molecule has 3 rings (SSSR count). The van der Waals surface area contributed by atoms with Gasteiger partial charge in [-0.05, 0) is 56.3 Å². The third-order valence-electron chi connectivity index (χ3n) is 9.10. The molecular formula is C27H45NO6S. The minimum atomic E-state index is -3.40. The lowest BCUT2D eigenvalue weighted by Gasteiger charge is -2.37. The molecule has 1 aliphatic heterocycles. The van der Waals surface area contributed by atoms with Crippen LogP contribution in [0.4, 0.5) is 0 Å². The first-order valence-corrected chi connectivity index (χ1v) is 14.6. The van der Waals surface area contributed by atoms with Crippen LogP contribution in [-0.2, 0) is 24.2 Å². The summed E-state index contributed by atoms with van der Waals surface area (Å²) in [6.07, 6.45) is 3.20. The van der Waals surface area contributed by atoms with Crippen LogP contribution in [0, 0.1) is 34.5 Å². The zero-order valence-electron chi connectivity index (χ0n) is 22.8. The topological polar surface area (TPSA) is 109 Å². The molecule has 0 aromatic heterocycles. The third-order valence-corrected chi connectivity index (χ3v) is 12.2. The number of likely N-dealkylation sites (tertiary alicyclic amines) is 1. The molecule has 1 saturated heterocycles. The fraction of sp³-hybridized carbons (Fsp3) is 0.889. The number of rotatable bonds is 7. The smallest absolute Gasteiger partial charge is 0.326 e. The number of aliphatic carboxylic acids is 1. The van der Waals surface area contributed by atoms with E-state index in [0.29, 0.717) is 19.4 Å². The van der Waals surface area contributed by atoms with E-state index in [2.05, 4.69) is 13.8 Å². The predicted octanol–water partition coefficient (Wildman–Crippen LogP) is 4.34. The fourth-order valence-electron chi connectivity index (χ4n) is 6.63. The van der Waals surface area contributed by atoms with Gasteiger partial charge in [0, 0.05) is 31.2 Å². The largest absolute Gasteiger partial charge is 0.480 e. The van der Waals surface area contributed by atoms with Crippen LogP contribution in [0.25, 0.3) is 0 Å². The first-order valence-electron chi connectivity index (χ1n) is 13.1. The Labute approximate surface area is 211 Å². The van der Waals surface area contributed by atoms with E-state index in [1.54, 1.807) is 20.8 Å². The predicted molar refractivity (Wildman–Crippen MR) is 136 cm³/mol. The molecule has 0 bridgehead atoms. The summed E-state index contributed by atoms with van der Waals surface area (Å²) < 4.78 is 25.6. The van der Waals surface area contributed by atoms with Crippen LogP contribution in [0.3, 0.4) is 0 Å². The van der Waals surface area contributed by atoms with Gasteiger partial charge in [-0.25, -0.2) is 13.2 Å². The molecule has 0 radical (unpaired) electrons. The summed E-state index contributed by atoms with van der Waals surface area (Å²) in [6, 6.07) is -0.845. The van der Waals surface area contributed by atoms with Crippen LogP contribution in [0.2, 0.25) is 0 Å². The van der Waals surface area contributed by atoms with Gasteiger partial charge in [0.1, 0.15) is 11.8 Å². The summed E-state index contributed by atoms with van der Waals surface area (Å²) in [5.74, 6) is -2.09. The number of piperidine rings is 1. The molecule has 3 fully saturated rings. The number of carboxylic acid groups (broad SMARTS) is 1. The van der Waals surface area contributed by atoms with Crippen molar-refractivity contribution in [1.29, 1.82) is 0 Å². The molecule has 35 heavy (non-hydrogen) atoms. The standard InChI is InChI=1S/C27H45NO6S/c1-25(2,3)18(23(30)28-15-19-21(27(19,7)8)22(28)24(31)32)14-17(29)13-16-11-9-10-12-20(16)35(33,34)26(4,5)6/h16,18-22H,9-15H2,1-8H3,(H,31,32)/t16-,18-,19+,20-,21+,22+/m1/s1. The second kappa shape index (κ2) is 9.14. The van der Waals surface area contributed by atoms with Crippen molar-refractivity contribution in [2.75, 3.05) is 6.54 Å². The van der Waals surface area contributed by atoms with Crippen molar-refractivity contribution in [3.63, 3.8) is 0 Å². The van der Waals surface area contributed by atoms with Gasteiger partial charge in [0.25, 0.3) is 0 Å². The summed E-state index contributed by atoms with van der Waals surface area (Å²) in [6.45, 7) is 15.4. The third kappa shape index (κ3) is 5.19. The van der Waals surface area contributed by atoms with Crippen molar-refractivity contribution in [2.45, 2.75) is 110 Å². The molecule has 7 nitrogen and oxygen atoms in total. The number of carboxylic acids is 1. The number of ketones is 1. The molecule has 0 aromatic rings. The number of amides is 1. The van der Waals surface area contributed by atoms with Crippen molar-refractivity contribution >= 4 is 27.5 Å². The number of carbonyl (C=O) groups excluding carboxylic acids is 2. The Morgan fingerprint density at radius 1 is 1.03 bits per heavy atom. The van der Waals surface area contributed by atoms with Crippen molar-refractivity contribution in [2.24, 2.45) is 34.5 Å². The van der Waals surface area contributed by atoms with Crippen molar-refractivity contribution in [3.05, 3.63) is 0 Å². The molecule has 3 aliphatic rings. The van der Waals surface area contributed by atoms with Crippen molar-refractivity contribution < 1.29 is 27.9 Å². The number of hydrogen-bond acceptors (Lipinski definition) is 5. The van der Waals surface area contributed by atoms with E-state index in [-0.39, 0.29) is 47.7 Å². The van der Waals surface area contributed by atoms with Crippen LogP contribution >= 0.6 is 0 Å². The summed E-state index contributed by atoms with van der Waals surface area (Å²) in [5.41, 5.74) is -0.608. The van der Waals surface area contributed by atoms with Crippen LogP contribution in [0.5, 0.6) is 0 Å². The second-order valence-electron chi connectivity index (χ2n) is 13.8. The Balaban J connectivity index is 1.76. The van der Waals surface area contributed by atoms with Crippen LogP contribution in [-0.4, -0.2) is 58.7 Å². The number of fused-ring (bicyclic) bond motifs is 1. The molecule has 2 saturated carbocycles. The van der Waals surface area contributed by atoms with Gasteiger partial charge < -0.3 is 10.0 Å². The highest BCUT2D eigenvalue weighted by Gasteiger charge is 2.70. The number of hydrogen-bond donors (Lipinski definition) is 1. The van der Waals surface area contributed by atoms with E-state index < -0.39 is 43.2 Å². The van der Waals surface area contributed by atoms with E-state index in [9.17, 15) is 27.9 Å². The highest BCUT2D eigenvalue weighted by molar-refractivity contribution is 7.93. The van der Waals surface area contributed by atoms with E-state index >= 15 is 0 Å². The maximum atomic E-state index is 13.7. The zero-order chi connectivity index (χ0) is 26.7. The Bertz CT molecular complexity index is 971. The van der Waals surface area contributed by atoms with Gasteiger partial charge >= 0.3 is 5.97 Å². The van der Waals surface area contributed by atoms with E-state index in [0.717, 1.165) is 12.8 Å². The summed E-state index contributed by atoms with van der Waals surface area (Å²) in [4.78, 5) is 40.6. The first kappa shape index (κ1) is 28.1. The van der Waals surface area contributed by atoms with Gasteiger partial charge in [-0.2, -0.15) is 0 Å². The maximum absolute atomic E-state index is 13.7. The van der Waals surface area contributed by atoms with Crippen LogP contribution in [0.1, 0.15) is 93.9 Å². The molecule has 1 heterocycles. The summed E-state index contributed by atoms with van der Waals surface area (Å²) in [7, 11) is -3.40. The summed E-state index contributed by atoms with van der Waals surface area (Å²) >= 11 is 0. The highest BCUT2D eigenvalue weighted by atomic mass is 32.2. The fourth-order valence-corrected chi connectivity index (χ4v) is 8.76. The molecular weight excluding hydrogens is 466 g/mol.